The van der Waals surface area contributed by atoms with Gasteiger partial charge in [0.25, 0.3) is 0 Å². The van der Waals surface area contributed by atoms with Gasteiger partial charge in [0.2, 0.25) is 0 Å². The minimum Gasteiger partial charge on any atom is 0 e. The summed E-state index contributed by atoms with van der Waals surface area (Å²) in [6, 6.07) is 11.0. The van der Waals surface area contributed by atoms with E-state index in [0.29, 0.717) is 0 Å². The van der Waals surface area contributed by atoms with E-state index in [4.69, 9.17) is 20.4 Å². The smallest absolute Gasteiger partial charge is 0 e. The van der Waals surface area contributed by atoms with E-state index in [1.54, 1.807) is 0 Å². The van der Waals surface area contributed by atoms with Crippen LogP contribution in [0.3, 0.4) is 0 Å². The van der Waals surface area contributed by atoms with E-state index >= 15 is 0 Å². The van der Waals surface area contributed by atoms with Crippen LogP contribution in [-0.2, 0) is 26.2 Å². The number of carboxylic acids is 4. The molecule has 2 rings (SSSR count). The van der Waals surface area contributed by atoms with Crippen molar-refractivity contribution < 1.29 is 65.8 Å². The Morgan fingerprint density at radius 1 is 0.536 bits per heavy atom. The molecule has 0 aliphatic rings. The molecule has 0 amide bonds. The SMILES string of the molecule is O=C(O)c1ccccc1C(=O)O.O=C(O)c1ccccc1C(=O)O.[BaH2].[BiH3].[NaH].[Zr]. The van der Waals surface area contributed by atoms with E-state index in [9.17, 15) is 19.2 Å². The molecule has 0 bridgehead atoms. The summed E-state index contributed by atoms with van der Waals surface area (Å²) in [4.78, 5) is 41.9. The van der Waals surface area contributed by atoms with Crippen LogP contribution in [0.5, 0.6) is 0 Å². The molecule has 142 valence electrons. The molecule has 4 N–H and O–H groups in total. The summed E-state index contributed by atoms with van der Waals surface area (Å²) in [7, 11) is 0. The Bertz CT molecular complexity index is 685. The van der Waals surface area contributed by atoms with Gasteiger partial charge in [-0.15, -0.1) is 0 Å². The first kappa shape index (κ1) is 36.1. The zero-order valence-corrected chi connectivity index (χ0v) is 21.2. The van der Waals surface area contributed by atoms with Crippen molar-refractivity contribution in [1.82, 2.24) is 0 Å². The third-order valence-electron chi connectivity index (χ3n) is 2.78. The van der Waals surface area contributed by atoms with Gasteiger partial charge in [0.05, 0.1) is 22.3 Å². The third kappa shape index (κ3) is 11.7. The summed E-state index contributed by atoms with van der Waals surface area (Å²) in [5, 5.41) is 34.2. The van der Waals surface area contributed by atoms with Crippen molar-refractivity contribution in [3.63, 3.8) is 0 Å². The van der Waals surface area contributed by atoms with Gasteiger partial charge in [-0.2, -0.15) is 0 Å². The summed E-state index contributed by atoms with van der Waals surface area (Å²) < 4.78 is 0. The molecule has 2 aromatic rings. The van der Waals surface area contributed by atoms with Crippen molar-refractivity contribution in [2.24, 2.45) is 0 Å². The first-order valence-electron chi connectivity index (χ1n) is 6.37. The fraction of sp³-hybridized carbons (Fsp3) is 0. The summed E-state index contributed by atoms with van der Waals surface area (Å²) >= 11 is 0. The average molecular weight is 799 g/mol. The van der Waals surface area contributed by atoms with E-state index in [-0.39, 0.29) is 153 Å². The Labute approximate surface area is 260 Å². The van der Waals surface area contributed by atoms with Crippen LogP contribution in [0.25, 0.3) is 0 Å². The number of rotatable bonds is 4. The molecule has 2 aromatic carbocycles. The molecule has 8 nitrogen and oxygen atoms in total. The van der Waals surface area contributed by atoms with Gasteiger partial charge < -0.3 is 20.4 Å². The molecule has 0 heterocycles. The maximum atomic E-state index is 10.5. The summed E-state index contributed by atoms with van der Waals surface area (Å²) in [5.41, 5.74) is -0.759. The van der Waals surface area contributed by atoms with Gasteiger partial charge in [-0.1, -0.05) is 24.3 Å². The Kier molecular flexibility index (Phi) is 23.7. The topological polar surface area (TPSA) is 149 Å². The molecular formula is C16H18BaBiNaO8Zr. The standard InChI is InChI=1S/2C8H6O4.Ba.Bi.Na.Zr.6H/c2*9-7(10)5-3-1-2-4-6(5)8(11)12;;;;;;;;;;/h2*1-4H,(H,9,10)(H,11,12);;;;;;;;;;. The number of hydrogen-bond donors (Lipinski definition) is 4. The monoisotopic (exact) mass is 798 g/mol. The number of carbonyl (C=O) groups is 4. The van der Waals surface area contributed by atoms with Crippen molar-refractivity contribution in [2.75, 3.05) is 0 Å². The molecular weight excluding hydrogens is 781 g/mol. The zero-order valence-electron chi connectivity index (χ0n) is 13.2. The number of hydrogen-bond acceptors (Lipinski definition) is 4. The van der Waals surface area contributed by atoms with Gasteiger partial charge >= 0.3 is 129 Å². The van der Waals surface area contributed by atoms with Crippen LogP contribution < -0.4 is 0 Å². The predicted octanol–water partition coefficient (Wildman–Crippen LogP) is -0.585. The van der Waals surface area contributed by atoms with E-state index < -0.39 is 23.9 Å². The fourth-order valence-corrected chi connectivity index (χ4v) is 1.71. The zero-order chi connectivity index (χ0) is 18.3. The van der Waals surface area contributed by atoms with E-state index in [0.717, 1.165) is 0 Å². The molecule has 12 heteroatoms. The van der Waals surface area contributed by atoms with Gasteiger partial charge in [0.15, 0.2) is 0 Å². The van der Waals surface area contributed by atoms with Crippen molar-refractivity contribution >= 4 is 129 Å². The normalized spacial score (nSPS) is 8.00. The van der Waals surface area contributed by atoms with Gasteiger partial charge in [-0.25, -0.2) is 19.2 Å². The van der Waals surface area contributed by atoms with Crippen LogP contribution in [0, 0.1) is 0 Å². The van der Waals surface area contributed by atoms with E-state index in [2.05, 4.69) is 0 Å². The van der Waals surface area contributed by atoms with Gasteiger partial charge in [0.1, 0.15) is 0 Å². The maximum absolute atomic E-state index is 10.5. The van der Waals surface area contributed by atoms with Crippen molar-refractivity contribution in [3.05, 3.63) is 70.8 Å². The van der Waals surface area contributed by atoms with E-state index in [1.165, 1.54) is 48.5 Å². The molecule has 28 heavy (non-hydrogen) atoms. The Morgan fingerprint density at radius 3 is 0.786 bits per heavy atom. The molecule has 0 atom stereocenters. The number of benzene rings is 2. The molecule has 0 unspecified atom stereocenters. The number of aromatic carboxylic acids is 4. The van der Waals surface area contributed by atoms with Crippen molar-refractivity contribution in [2.45, 2.75) is 0 Å². The Morgan fingerprint density at radius 2 is 0.679 bits per heavy atom. The molecule has 0 aromatic heterocycles. The summed E-state index contributed by atoms with van der Waals surface area (Å²) in [5.74, 6) is -4.91. The largest absolute Gasteiger partial charge is 0 e. The molecule has 0 aliphatic heterocycles. The molecule has 0 aliphatic carbocycles. The van der Waals surface area contributed by atoms with Gasteiger partial charge in [0, 0.05) is 26.2 Å². The second-order valence-corrected chi connectivity index (χ2v) is 4.31. The molecule has 0 saturated heterocycles. The van der Waals surface area contributed by atoms with Crippen LogP contribution in [-0.4, -0.2) is 149 Å². The Balaban J connectivity index is -0.000000180. The van der Waals surface area contributed by atoms with Crippen molar-refractivity contribution in [3.8, 4) is 0 Å². The molecule has 0 radical (unpaired) electrons. The predicted molar refractivity (Wildman–Crippen MR) is 106 cm³/mol. The minimum absolute atomic E-state index is 0. The molecule has 0 spiro atoms. The fourth-order valence-electron chi connectivity index (χ4n) is 1.71. The second kappa shape index (κ2) is 18.4. The number of carboxylic acid groups (broad SMARTS) is 4. The molecule has 0 saturated carbocycles. The summed E-state index contributed by atoms with van der Waals surface area (Å²) in [6.45, 7) is 0. The van der Waals surface area contributed by atoms with Gasteiger partial charge in [-0.05, 0) is 24.3 Å². The van der Waals surface area contributed by atoms with Crippen molar-refractivity contribution in [1.29, 1.82) is 0 Å². The van der Waals surface area contributed by atoms with Crippen LogP contribution in [0.4, 0.5) is 0 Å². The van der Waals surface area contributed by atoms with Crippen LogP contribution in [0.15, 0.2) is 48.5 Å². The van der Waals surface area contributed by atoms with Crippen LogP contribution in [0.2, 0.25) is 0 Å². The van der Waals surface area contributed by atoms with Gasteiger partial charge in [-0.3, -0.25) is 0 Å². The average Bonchev–Trinajstić information content (AvgIpc) is 2.55. The maximum Gasteiger partial charge on any atom is 0 e. The second-order valence-electron chi connectivity index (χ2n) is 4.31. The van der Waals surface area contributed by atoms with Crippen LogP contribution >= 0.6 is 0 Å². The first-order chi connectivity index (χ1) is 11.3. The Hall–Kier alpha value is 0.658. The third-order valence-corrected chi connectivity index (χ3v) is 2.78. The quantitative estimate of drug-likeness (QED) is 0.301. The minimum atomic E-state index is -1.23. The van der Waals surface area contributed by atoms with E-state index in [1.807, 2.05) is 0 Å². The summed E-state index contributed by atoms with van der Waals surface area (Å²) in [6.07, 6.45) is 0. The van der Waals surface area contributed by atoms with Crippen LogP contribution in [0.1, 0.15) is 41.4 Å². The molecule has 0 fully saturated rings. The first-order valence-corrected chi connectivity index (χ1v) is 6.37.